The number of carbonyl (C=O) groups is 1. The van der Waals surface area contributed by atoms with E-state index in [1.54, 1.807) is 0 Å². The first-order valence-corrected chi connectivity index (χ1v) is 12.2. The van der Waals surface area contributed by atoms with Crippen LogP contribution in [0.3, 0.4) is 0 Å². The van der Waals surface area contributed by atoms with Crippen molar-refractivity contribution in [3.63, 3.8) is 0 Å². The van der Waals surface area contributed by atoms with Crippen LogP contribution < -0.4 is 16.1 Å². The van der Waals surface area contributed by atoms with Gasteiger partial charge in [0.05, 0.1) is 6.04 Å². The lowest BCUT2D eigenvalue weighted by atomic mass is 10.0. The second kappa shape index (κ2) is 13.6. The van der Waals surface area contributed by atoms with Crippen molar-refractivity contribution < 1.29 is 15.1 Å². The molecule has 1 aliphatic rings. The fourth-order valence-electron chi connectivity index (χ4n) is 4.08. The van der Waals surface area contributed by atoms with Crippen LogP contribution >= 0.6 is 0 Å². The fraction of sp³-hybridized carbons (Fsp3) is 0.393. The van der Waals surface area contributed by atoms with Gasteiger partial charge in [0.1, 0.15) is 5.76 Å². The molecule has 6 heteroatoms. The lowest BCUT2D eigenvalue weighted by molar-refractivity contribution is -0.116. The molecule has 1 aliphatic carbocycles. The molecule has 0 aliphatic heterocycles. The van der Waals surface area contributed by atoms with Crippen molar-refractivity contribution in [2.24, 2.45) is 0 Å². The lowest BCUT2D eigenvalue weighted by Crippen LogP contribution is -2.25. The average molecular weight is 464 g/mol. The van der Waals surface area contributed by atoms with E-state index in [0.29, 0.717) is 13.0 Å². The molecule has 0 aromatic heterocycles. The Bertz CT molecular complexity index is 966. The number of hydrogen-bond acceptors (Lipinski definition) is 5. The lowest BCUT2D eigenvalue weighted by Gasteiger charge is -2.18. The highest BCUT2D eigenvalue weighted by atomic mass is 16.5. The molecule has 6 nitrogen and oxygen atoms in total. The Morgan fingerprint density at radius 3 is 2.38 bits per heavy atom. The van der Waals surface area contributed by atoms with Crippen LogP contribution in [0, 0.1) is 0 Å². The van der Waals surface area contributed by atoms with Crippen LogP contribution in [0.15, 0.2) is 78.2 Å². The van der Waals surface area contributed by atoms with E-state index < -0.39 is 0 Å². The minimum absolute atomic E-state index is 0.0359. The van der Waals surface area contributed by atoms with Crippen LogP contribution in [-0.4, -0.2) is 22.8 Å². The van der Waals surface area contributed by atoms with E-state index in [1.165, 1.54) is 5.57 Å². The third-order valence-corrected chi connectivity index (χ3v) is 6.08. The van der Waals surface area contributed by atoms with E-state index in [9.17, 15) is 9.90 Å². The number of anilines is 1. The van der Waals surface area contributed by atoms with Gasteiger partial charge in [0.25, 0.3) is 0 Å². The summed E-state index contributed by atoms with van der Waals surface area (Å²) < 4.78 is 0. The van der Waals surface area contributed by atoms with Gasteiger partial charge in [-0.05, 0) is 67.4 Å². The Hall–Kier alpha value is -3.09. The molecular formula is C28H37N3O3. The maximum absolute atomic E-state index is 12.3. The van der Waals surface area contributed by atoms with Crippen molar-refractivity contribution in [3.05, 3.63) is 89.3 Å². The molecule has 0 spiro atoms. The zero-order chi connectivity index (χ0) is 24.2. The van der Waals surface area contributed by atoms with Crippen LogP contribution in [-0.2, 0) is 11.2 Å². The number of rotatable bonds is 15. The van der Waals surface area contributed by atoms with Gasteiger partial charge in [0.15, 0.2) is 0 Å². The Kier molecular flexibility index (Phi) is 10.2. The highest BCUT2D eigenvalue weighted by Gasteiger charge is 2.17. The molecule has 1 amide bonds. The Balaban J connectivity index is 1.35. The number of amides is 1. The number of nitrogens with one attached hydrogen (secondary N) is 3. The van der Waals surface area contributed by atoms with E-state index in [0.717, 1.165) is 73.9 Å². The molecule has 34 heavy (non-hydrogen) atoms. The number of unbranched alkanes of at least 4 members (excludes halogenated alkanes) is 3. The van der Waals surface area contributed by atoms with Crippen LogP contribution in [0.4, 0.5) is 5.69 Å². The van der Waals surface area contributed by atoms with Gasteiger partial charge in [-0.2, -0.15) is 0 Å². The molecule has 182 valence electrons. The van der Waals surface area contributed by atoms with Gasteiger partial charge in [-0.25, -0.2) is 0 Å². The fourth-order valence-corrected chi connectivity index (χ4v) is 4.08. The summed E-state index contributed by atoms with van der Waals surface area (Å²) in [5, 5.41) is 25.5. The van der Waals surface area contributed by atoms with Crippen LogP contribution in [0.5, 0.6) is 0 Å². The normalized spacial score (nSPS) is 13.3. The molecule has 1 saturated carbocycles. The van der Waals surface area contributed by atoms with Crippen molar-refractivity contribution >= 4 is 11.6 Å². The van der Waals surface area contributed by atoms with Crippen molar-refractivity contribution in [1.29, 1.82) is 0 Å². The molecule has 0 radical (unpaired) electrons. The second-order valence-corrected chi connectivity index (χ2v) is 8.90. The number of aliphatic hydroxyl groups is 1. The summed E-state index contributed by atoms with van der Waals surface area (Å²) in [7, 11) is 0. The molecule has 2 aromatic rings. The highest BCUT2D eigenvalue weighted by Crippen LogP contribution is 2.32. The van der Waals surface area contributed by atoms with Gasteiger partial charge in [0.2, 0.25) is 5.91 Å². The monoisotopic (exact) mass is 463 g/mol. The third kappa shape index (κ3) is 8.69. The summed E-state index contributed by atoms with van der Waals surface area (Å²) in [6, 6.07) is 17.3. The van der Waals surface area contributed by atoms with E-state index >= 15 is 0 Å². The largest absolute Gasteiger partial charge is 0.511 e. The smallest absolute Gasteiger partial charge is 0.224 e. The number of hydrogen-bond donors (Lipinski definition) is 5. The van der Waals surface area contributed by atoms with E-state index in [4.69, 9.17) is 5.21 Å². The van der Waals surface area contributed by atoms with Crippen molar-refractivity contribution in [1.82, 2.24) is 10.8 Å². The molecule has 5 N–H and O–H groups in total. The second-order valence-electron chi connectivity index (χ2n) is 8.90. The highest BCUT2D eigenvalue weighted by molar-refractivity contribution is 5.90. The van der Waals surface area contributed by atoms with Crippen molar-refractivity contribution in [2.45, 2.75) is 63.8 Å². The number of allylic oxidation sites excluding steroid dienone is 2. The predicted octanol–water partition coefficient (Wildman–Crippen LogP) is 5.94. The van der Waals surface area contributed by atoms with E-state index in [1.807, 2.05) is 54.6 Å². The number of aliphatic hydroxyl groups excluding tert-OH is 1. The van der Waals surface area contributed by atoms with Gasteiger partial charge < -0.3 is 15.7 Å². The molecule has 1 atom stereocenters. The molecule has 0 heterocycles. The number of benzene rings is 2. The Labute approximate surface area is 202 Å². The third-order valence-electron chi connectivity index (χ3n) is 6.08. The molecule has 1 fully saturated rings. The number of carbonyl (C=O) groups excluding carboxylic acids is 1. The van der Waals surface area contributed by atoms with Crippen molar-refractivity contribution in [3.8, 4) is 0 Å². The summed E-state index contributed by atoms with van der Waals surface area (Å²) in [5.74, 6) is 0.131. The standard InChI is InChI=1S/C28H37N3O3/c1-21(32)28(24-11-5-4-6-12-24)29-19-18-22-10-9-13-25(20-22)30-27(33)15-8-3-2-7-14-26(31-34)23-16-17-23/h4-6,9-13,20,28-29,31-32,34H,1-3,7-8,14-19H2,(H,30,33)/t28-/m1/s1. The first-order valence-electron chi connectivity index (χ1n) is 12.2. The Morgan fingerprint density at radius 1 is 0.971 bits per heavy atom. The minimum Gasteiger partial charge on any atom is -0.511 e. The quantitative estimate of drug-likeness (QED) is 0.128. The molecule has 2 aromatic carbocycles. The van der Waals surface area contributed by atoms with Gasteiger partial charge in [-0.15, -0.1) is 0 Å². The molecular weight excluding hydrogens is 426 g/mol. The number of hydroxylamine groups is 1. The van der Waals surface area contributed by atoms with E-state index in [2.05, 4.69) is 22.7 Å². The maximum atomic E-state index is 12.3. The minimum atomic E-state index is -0.305. The Morgan fingerprint density at radius 2 is 1.71 bits per heavy atom. The topological polar surface area (TPSA) is 93.6 Å². The predicted molar refractivity (Wildman–Crippen MR) is 137 cm³/mol. The van der Waals surface area contributed by atoms with Crippen LogP contribution in [0.2, 0.25) is 0 Å². The summed E-state index contributed by atoms with van der Waals surface area (Å²) >= 11 is 0. The van der Waals surface area contributed by atoms with Gasteiger partial charge in [-0.1, -0.05) is 61.9 Å². The van der Waals surface area contributed by atoms with Crippen LogP contribution in [0.1, 0.15) is 68.5 Å². The zero-order valence-electron chi connectivity index (χ0n) is 19.9. The molecule has 0 saturated heterocycles. The van der Waals surface area contributed by atoms with Crippen molar-refractivity contribution in [2.75, 3.05) is 11.9 Å². The summed E-state index contributed by atoms with van der Waals surface area (Å²) in [5.41, 5.74) is 7.56. The van der Waals surface area contributed by atoms with Gasteiger partial charge in [-0.3, -0.25) is 15.5 Å². The van der Waals surface area contributed by atoms with Crippen LogP contribution in [0.25, 0.3) is 0 Å². The summed E-state index contributed by atoms with van der Waals surface area (Å²) in [6.07, 6.45) is 8.32. The SMILES string of the molecule is C=C(O)[C@@H](NCCc1cccc(NC(=O)CCCCCCC(NO)=C2CC2)c1)c1ccccc1. The summed E-state index contributed by atoms with van der Waals surface area (Å²) in [4.78, 5) is 12.3. The molecule has 3 rings (SSSR count). The zero-order valence-corrected chi connectivity index (χ0v) is 19.9. The van der Waals surface area contributed by atoms with E-state index in [-0.39, 0.29) is 17.7 Å². The van der Waals surface area contributed by atoms with Gasteiger partial charge in [0, 0.05) is 24.4 Å². The van der Waals surface area contributed by atoms with Gasteiger partial charge >= 0.3 is 0 Å². The summed E-state index contributed by atoms with van der Waals surface area (Å²) in [6.45, 7) is 4.36. The molecule has 0 bridgehead atoms. The first kappa shape index (κ1) is 25.5. The molecule has 0 unspecified atom stereocenters. The first-order chi connectivity index (χ1) is 16.6. The average Bonchev–Trinajstić information content (AvgIpc) is 3.67. The maximum Gasteiger partial charge on any atom is 0.224 e.